The van der Waals surface area contributed by atoms with Crippen molar-refractivity contribution in [2.75, 3.05) is 5.75 Å². The number of nitrogens with one attached hydrogen (secondary N) is 1. The van der Waals surface area contributed by atoms with Gasteiger partial charge in [-0.1, -0.05) is 26.2 Å². The van der Waals surface area contributed by atoms with Crippen molar-refractivity contribution in [2.45, 2.75) is 37.5 Å². The fourth-order valence-electron chi connectivity index (χ4n) is 1.45. The van der Waals surface area contributed by atoms with Crippen LogP contribution in [0.1, 0.15) is 32.6 Å². The summed E-state index contributed by atoms with van der Waals surface area (Å²) in [4.78, 5) is 5.27. The lowest BCUT2D eigenvalue weighted by atomic mass is 10.2. The predicted molar refractivity (Wildman–Crippen MR) is 74.4 cm³/mol. The van der Waals surface area contributed by atoms with E-state index in [9.17, 15) is 0 Å². The van der Waals surface area contributed by atoms with Gasteiger partial charge in [-0.25, -0.2) is 4.99 Å². The molecule has 0 saturated heterocycles. The van der Waals surface area contributed by atoms with Gasteiger partial charge in [-0.15, -0.1) is 11.8 Å². The Bertz CT molecular complexity index is 325. The molecule has 0 aliphatic heterocycles. The number of nitrogens with zero attached hydrogens (tertiary/aromatic N) is 1. The Morgan fingerprint density at radius 1 is 1.24 bits per heavy atom. The van der Waals surface area contributed by atoms with Crippen LogP contribution in [0.4, 0.5) is 5.69 Å². The van der Waals surface area contributed by atoms with Crippen molar-refractivity contribution in [1.29, 1.82) is 0 Å². The van der Waals surface area contributed by atoms with E-state index in [4.69, 9.17) is 5.21 Å². The summed E-state index contributed by atoms with van der Waals surface area (Å²) in [5.41, 5.74) is 2.72. The lowest BCUT2D eigenvalue weighted by Gasteiger charge is -2.01. The molecular formula is C13H20N2OS. The van der Waals surface area contributed by atoms with E-state index in [0.717, 1.165) is 5.69 Å². The number of hydroxylamine groups is 1. The Balaban J connectivity index is 2.28. The number of unbranched alkanes of at least 4 members (excludes halogenated alkanes) is 3. The van der Waals surface area contributed by atoms with E-state index >= 15 is 0 Å². The van der Waals surface area contributed by atoms with Crippen LogP contribution in [-0.4, -0.2) is 17.3 Å². The second-order valence-electron chi connectivity index (χ2n) is 3.79. The van der Waals surface area contributed by atoms with Crippen LogP contribution in [0.15, 0.2) is 34.2 Å². The molecule has 0 saturated carbocycles. The molecule has 0 atom stereocenters. The molecule has 3 nitrogen and oxygen atoms in total. The molecule has 0 heterocycles. The van der Waals surface area contributed by atoms with Gasteiger partial charge in [0.25, 0.3) is 0 Å². The fourth-order valence-corrected chi connectivity index (χ4v) is 2.36. The molecule has 1 rings (SSSR count). The van der Waals surface area contributed by atoms with Crippen LogP contribution >= 0.6 is 11.8 Å². The quantitative estimate of drug-likeness (QED) is 0.242. The zero-order valence-electron chi connectivity index (χ0n) is 10.2. The maximum atomic E-state index is 8.37. The monoisotopic (exact) mass is 252 g/mol. The van der Waals surface area contributed by atoms with E-state index in [-0.39, 0.29) is 0 Å². The summed E-state index contributed by atoms with van der Waals surface area (Å²) < 4.78 is 0. The molecule has 0 spiro atoms. The van der Waals surface area contributed by atoms with Crippen LogP contribution in [0.25, 0.3) is 0 Å². The minimum atomic E-state index is 0.835. The Hall–Kier alpha value is -1.00. The van der Waals surface area contributed by atoms with E-state index < -0.39 is 0 Å². The summed E-state index contributed by atoms with van der Waals surface area (Å²) in [5.74, 6) is 1.18. The maximum Gasteiger partial charge on any atom is 0.113 e. The van der Waals surface area contributed by atoms with Gasteiger partial charge >= 0.3 is 0 Å². The zero-order valence-corrected chi connectivity index (χ0v) is 11.0. The number of hydrogen-bond donors (Lipinski definition) is 2. The number of rotatable bonds is 8. The molecular weight excluding hydrogens is 232 g/mol. The van der Waals surface area contributed by atoms with Gasteiger partial charge in [-0.2, -0.15) is 0 Å². The van der Waals surface area contributed by atoms with Crippen LogP contribution in [0.3, 0.4) is 0 Å². The van der Waals surface area contributed by atoms with Crippen LogP contribution in [0.5, 0.6) is 0 Å². The first kappa shape index (κ1) is 14.1. The zero-order chi connectivity index (χ0) is 12.3. The highest BCUT2D eigenvalue weighted by Gasteiger charge is 1.94. The molecule has 0 unspecified atom stereocenters. The molecule has 17 heavy (non-hydrogen) atoms. The van der Waals surface area contributed by atoms with E-state index in [1.807, 2.05) is 29.4 Å². The summed E-state index contributed by atoms with van der Waals surface area (Å²) in [5, 5.41) is 8.37. The Labute approximate surface area is 107 Å². The number of benzene rings is 1. The third kappa shape index (κ3) is 6.34. The van der Waals surface area contributed by atoms with Crippen molar-refractivity contribution in [3.8, 4) is 0 Å². The lowest BCUT2D eigenvalue weighted by molar-refractivity contribution is 0.240. The second kappa shape index (κ2) is 9.07. The van der Waals surface area contributed by atoms with Crippen molar-refractivity contribution in [2.24, 2.45) is 4.99 Å². The van der Waals surface area contributed by atoms with Gasteiger partial charge in [0.15, 0.2) is 0 Å². The van der Waals surface area contributed by atoms with Gasteiger partial charge < -0.3 is 0 Å². The van der Waals surface area contributed by atoms with E-state index in [1.165, 1.54) is 42.7 Å². The molecule has 0 aromatic heterocycles. The third-order valence-corrected chi connectivity index (χ3v) is 3.47. The molecule has 0 fully saturated rings. The summed E-state index contributed by atoms with van der Waals surface area (Å²) in [7, 11) is 0. The van der Waals surface area contributed by atoms with Crippen molar-refractivity contribution < 1.29 is 5.21 Å². The first-order valence-electron chi connectivity index (χ1n) is 6.02. The standard InChI is InChI=1S/C13H20N2OS/c1-2-3-4-5-10-17-13-8-6-12(7-9-13)14-11-15-16/h6-9,11,16H,2-5,10H2,1H3,(H,14,15). The summed E-state index contributed by atoms with van der Waals surface area (Å²) in [6.45, 7) is 2.23. The van der Waals surface area contributed by atoms with Crippen LogP contribution in [0, 0.1) is 0 Å². The van der Waals surface area contributed by atoms with Crippen molar-refractivity contribution >= 4 is 23.8 Å². The average molecular weight is 252 g/mol. The highest BCUT2D eigenvalue weighted by Crippen LogP contribution is 2.22. The van der Waals surface area contributed by atoms with E-state index in [1.54, 1.807) is 0 Å². The van der Waals surface area contributed by atoms with Gasteiger partial charge in [-0.3, -0.25) is 10.7 Å². The molecule has 0 amide bonds. The Morgan fingerprint density at radius 2 is 2.00 bits per heavy atom. The van der Waals surface area contributed by atoms with Crippen LogP contribution in [0.2, 0.25) is 0 Å². The van der Waals surface area contributed by atoms with Gasteiger partial charge in [0.1, 0.15) is 6.34 Å². The van der Waals surface area contributed by atoms with Crippen molar-refractivity contribution in [3.63, 3.8) is 0 Å². The molecule has 0 radical (unpaired) electrons. The highest BCUT2D eigenvalue weighted by molar-refractivity contribution is 7.99. The Morgan fingerprint density at radius 3 is 2.65 bits per heavy atom. The summed E-state index contributed by atoms with van der Waals surface area (Å²) >= 11 is 1.89. The van der Waals surface area contributed by atoms with Crippen LogP contribution in [-0.2, 0) is 0 Å². The number of hydrogen-bond acceptors (Lipinski definition) is 3. The average Bonchev–Trinajstić information content (AvgIpc) is 2.37. The van der Waals surface area contributed by atoms with Crippen molar-refractivity contribution in [1.82, 2.24) is 5.48 Å². The highest BCUT2D eigenvalue weighted by atomic mass is 32.2. The first-order chi connectivity index (χ1) is 8.36. The second-order valence-corrected chi connectivity index (χ2v) is 4.96. The normalized spacial score (nSPS) is 10.9. The van der Waals surface area contributed by atoms with Gasteiger partial charge in [0.2, 0.25) is 0 Å². The van der Waals surface area contributed by atoms with E-state index in [0.29, 0.717) is 0 Å². The molecule has 4 heteroatoms. The molecule has 94 valence electrons. The minimum Gasteiger partial charge on any atom is -0.290 e. The first-order valence-corrected chi connectivity index (χ1v) is 7.00. The minimum absolute atomic E-state index is 0.835. The molecule has 1 aromatic rings. The molecule has 1 aromatic carbocycles. The lowest BCUT2D eigenvalue weighted by Crippen LogP contribution is -2.00. The fraction of sp³-hybridized carbons (Fsp3) is 0.462. The van der Waals surface area contributed by atoms with Crippen molar-refractivity contribution in [3.05, 3.63) is 24.3 Å². The van der Waals surface area contributed by atoms with Gasteiger partial charge in [0.05, 0.1) is 5.69 Å². The third-order valence-electron chi connectivity index (χ3n) is 2.37. The largest absolute Gasteiger partial charge is 0.290 e. The predicted octanol–water partition coefficient (Wildman–Crippen LogP) is 4.00. The topological polar surface area (TPSA) is 44.6 Å². The smallest absolute Gasteiger partial charge is 0.113 e. The van der Waals surface area contributed by atoms with Gasteiger partial charge in [-0.05, 0) is 36.4 Å². The molecule has 0 bridgehead atoms. The molecule has 0 aliphatic carbocycles. The SMILES string of the molecule is CCCCCCSc1ccc(N=CNO)cc1. The number of aliphatic imine (C=N–C) groups is 1. The summed E-state index contributed by atoms with van der Waals surface area (Å²) in [6.07, 6.45) is 6.49. The van der Waals surface area contributed by atoms with E-state index in [2.05, 4.69) is 24.0 Å². The summed E-state index contributed by atoms with van der Waals surface area (Å²) in [6, 6.07) is 8.02. The number of thioether (sulfide) groups is 1. The molecule has 2 N–H and O–H groups in total. The maximum absolute atomic E-state index is 8.37. The Kier molecular flexibility index (Phi) is 7.51. The molecule has 0 aliphatic rings. The van der Waals surface area contributed by atoms with Crippen LogP contribution < -0.4 is 5.48 Å². The van der Waals surface area contributed by atoms with Gasteiger partial charge in [0, 0.05) is 4.90 Å².